The molecule has 676 valence electrons. The van der Waals surface area contributed by atoms with Gasteiger partial charge in [0.25, 0.3) is 5.91 Å². The first-order valence-electron chi connectivity index (χ1n) is 41.0. The molecule has 3 aliphatic rings. The van der Waals surface area contributed by atoms with Gasteiger partial charge in [-0.2, -0.15) is 0 Å². The number of ether oxygens (including phenoxy) is 9. The van der Waals surface area contributed by atoms with Crippen LogP contribution < -0.4 is 53.2 Å². The monoisotopic (exact) mass is 1680 g/mol. The van der Waals surface area contributed by atoms with Gasteiger partial charge in [0.05, 0.1) is 134 Å². The Bertz CT molecular complexity index is 2790. The number of oxime groups is 1. The maximum Gasteiger partial charge on any atom is 0.261 e. The van der Waals surface area contributed by atoms with E-state index in [9.17, 15) is 93.9 Å². The zero-order valence-electron chi connectivity index (χ0n) is 69.5. The molecule has 0 aromatic heterocycles. The van der Waals surface area contributed by atoms with E-state index in [1.807, 2.05) is 0 Å². The van der Waals surface area contributed by atoms with E-state index < -0.39 is 146 Å². The van der Waals surface area contributed by atoms with Crippen LogP contribution in [-0.2, 0) is 95.4 Å². The first kappa shape index (κ1) is 105. The van der Waals surface area contributed by atoms with Gasteiger partial charge in [0.1, 0.15) is 5.54 Å². The highest BCUT2D eigenvalue weighted by Gasteiger charge is 2.45. The predicted octanol–water partition coefficient (Wildman–Crippen LogP) is -3.55. The summed E-state index contributed by atoms with van der Waals surface area (Å²) in [5.41, 5.74) is -3.18. The van der Waals surface area contributed by atoms with Crippen LogP contribution in [0.3, 0.4) is 0 Å². The average Bonchev–Trinajstić information content (AvgIpc) is 0.812. The molecule has 3 saturated heterocycles. The van der Waals surface area contributed by atoms with Crippen molar-refractivity contribution in [2.75, 3.05) is 145 Å². The molecule has 0 saturated carbocycles. The smallest absolute Gasteiger partial charge is 0.261 e. The van der Waals surface area contributed by atoms with E-state index in [2.05, 4.69) is 79.1 Å². The van der Waals surface area contributed by atoms with Gasteiger partial charge in [0.2, 0.25) is 53.2 Å². The minimum absolute atomic E-state index is 0.0185. The van der Waals surface area contributed by atoms with Gasteiger partial charge in [0, 0.05) is 162 Å². The third-order valence-corrected chi connectivity index (χ3v) is 19.5. The molecule has 10 amide bonds. The van der Waals surface area contributed by atoms with Crippen LogP contribution in [0.4, 0.5) is 0 Å². The molecule has 3 rings (SSSR count). The Kier molecular flexibility index (Phi) is 53.0. The predicted molar refractivity (Wildman–Crippen MR) is 420 cm³/mol. The Morgan fingerprint density at radius 2 is 0.795 bits per heavy atom. The standard InChI is InChI=1S/C77H139N11O29/c1-51(92)85-57-38-60(95)70(105)54(41-89)44-114-72(57)111-32-11-8-18-63(98)78-25-15-28-81-66(101)21-35-108-48-77(88-69(104)47-117-84-31-14-24-75(4,5)6,49-109-36-22-67(102)82-29-16-26-79-64(99)19-9-12-33-112-73-58(86-52(2)93)39-61(96)71(106)55(42-90)45-115-73)50-110-37-23-68(103)83-30-17-27-80-65(100)20-10-13-34-113-74-59(87-53(3)94)40-62(97)76(7,107)56(43-91)46-116-74/h31,54-62,70-74,89-91,95-97,105-107H,8-30,32-50H2,1-7H3,(H,78,98)(H,79,99)(H,80,100)(H,81,101)(H,82,102)(H,83,103)(H,85,92)(H,86,93)(H,87,94)(H,88,104)/t54?,55?,56?,57?,58?,59?,60?,61?,62?,70-,71-,72+,73+,74+,76-,77?/m1/s1. The van der Waals surface area contributed by atoms with E-state index in [-0.39, 0.29) is 217 Å². The number of unbranched alkanes of at least 4 members (excludes halogenated alkanes) is 3. The van der Waals surface area contributed by atoms with Crippen LogP contribution in [-0.4, -0.2) is 335 Å². The highest BCUT2D eigenvalue weighted by Crippen LogP contribution is 2.30. The number of hydrogen-bond acceptors (Lipinski definition) is 30. The Labute approximate surface area is 686 Å². The number of aliphatic hydroxyl groups excluding tert-OH is 8. The summed E-state index contributed by atoms with van der Waals surface area (Å²) >= 11 is 0. The topological polar surface area (TPSA) is 578 Å². The molecule has 0 aromatic carbocycles. The first-order valence-corrected chi connectivity index (χ1v) is 41.0. The van der Waals surface area contributed by atoms with Gasteiger partial charge in [-0.05, 0) is 83.0 Å². The fraction of sp³-hybridized carbons (Fsp3) is 0.857. The minimum Gasteiger partial charge on any atom is -0.396 e. The van der Waals surface area contributed by atoms with E-state index in [4.69, 9.17) is 47.5 Å². The number of carbonyl (C=O) groups is 10. The van der Waals surface area contributed by atoms with Crippen LogP contribution >= 0.6 is 0 Å². The molecule has 3 aliphatic heterocycles. The minimum atomic E-state index is -1.68. The van der Waals surface area contributed by atoms with Crippen LogP contribution in [0.25, 0.3) is 0 Å². The highest BCUT2D eigenvalue weighted by molar-refractivity contribution is 5.79. The summed E-state index contributed by atoms with van der Waals surface area (Å²) in [6.45, 7) is 9.69. The van der Waals surface area contributed by atoms with Crippen LogP contribution in [0.1, 0.15) is 177 Å². The molecule has 40 nitrogen and oxygen atoms in total. The molecule has 9 unspecified atom stereocenters. The quantitative estimate of drug-likeness (QED) is 0.0159. The number of amides is 10. The zero-order valence-corrected chi connectivity index (χ0v) is 69.5. The average molecular weight is 1680 g/mol. The molecular formula is C77H139N11O29. The Balaban J connectivity index is 1.56. The summed E-state index contributed by atoms with van der Waals surface area (Å²) in [5.74, 6) is -6.04. The van der Waals surface area contributed by atoms with Gasteiger partial charge in [-0.15, -0.1) is 0 Å². The van der Waals surface area contributed by atoms with Crippen molar-refractivity contribution < 1.29 is 141 Å². The number of aliphatic hydroxyl groups is 9. The Morgan fingerprint density at radius 3 is 1.13 bits per heavy atom. The summed E-state index contributed by atoms with van der Waals surface area (Å²) < 4.78 is 53.2. The SMILES string of the molecule is CC(=O)NC1CC(O)[C@H](O)C(CO)CO[C@@H]1OCCCCC(=O)NCCCNC(=O)CCOCC(COCCC(=O)NCCCNC(=O)CCCCO[C@H]1OCC(CO)[C@@H](O)C(O)CC1NC(C)=O)(COCCC(=O)NCCCNC(=O)CCCCO[C@H]1OCC(CO)[C@@](C)(O)C(O)CC1NC(C)=O)NC(=O)CON=CCCC(C)(C)C. The molecule has 19 N–H and O–H groups in total. The molecule has 3 fully saturated rings. The first-order chi connectivity index (χ1) is 55.7. The van der Waals surface area contributed by atoms with Gasteiger partial charge < -0.3 is 147 Å². The van der Waals surface area contributed by atoms with Crippen LogP contribution in [0.15, 0.2) is 5.16 Å². The second kappa shape index (κ2) is 59.2. The Morgan fingerprint density at radius 1 is 0.453 bits per heavy atom. The molecule has 40 heteroatoms. The van der Waals surface area contributed by atoms with Gasteiger partial charge in [-0.3, -0.25) is 47.9 Å². The van der Waals surface area contributed by atoms with Gasteiger partial charge >= 0.3 is 0 Å². The Hall–Kier alpha value is -6.55. The normalized spacial score (nSPS) is 25.1. The van der Waals surface area contributed by atoms with Crippen molar-refractivity contribution in [3.05, 3.63) is 0 Å². The third-order valence-electron chi connectivity index (χ3n) is 19.5. The second-order valence-corrected chi connectivity index (χ2v) is 31.4. The molecule has 0 spiro atoms. The fourth-order valence-corrected chi connectivity index (χ4v) is 12.6. The van der Waals surface area contributed by atoms with E-state index in [0.717, 1.165) is 6.42 Å². The molecule has 0 aromatic rings. The van der Waals surface area contributed by atoms with Crippen molar-refractivity contribution in [3.8, 4) is 0 Å². The lowest BCUT2D eigenvalue weighted by molar-refractivity contribution is -0.219. The number of hydrogen-bond donors (Lipinski definition) is 19. The summed E-state index contributed by atoms with van der Waals surface area (Å²) in [6, 6.07) is -2.36. The summed E-state index contributed by atoms with van der Waals surface area (Å²) in [6.07, 6.45) is -2.68. The lowest BCUT2D eigenvalue weighted by Crippen LogP contribution is -2.59. The highest BCUT2D eigenvalue weighted by atomic mass is 16.7. The summed E-state index contributed by atoms with van der Waals surface area (Å²) in [4.78, 5) is 132. The zero-order chi connectivity index (χ0) is 86.6. The van der Waals surface area contributed by atoms with Crippen molar-refractivity contribution in [2.45, 2.75) is 256 Å². The van der Waals surface area contributed by atoms with Gasteiger partial charge in [-0.1, -0.05) is 25.9 Å². The molecule has 15 atom stereocenters. The molecule has 0 radical (unpaired) electrons. The largest absolute Gasteiger partial charge is 0.396 e. The van der Waals surface area contributed by atoms with Crippen LogP contribution in [0, 0.1) is 23.2 Å². The summed E-state index contributed by atoms with van der Waals surface area (Å²) in [5, 5.41) is 124. The maximum atomic E-state index is 13.7. The number of nitrogens with one attached hydrogen (secondary N) is 10. The fourth-order valence-electron chi connectivity index (χ4n) is 12.6. The number of carbonyl (C=O) groups excluding carboxylic acids is 10. The molecule has 3 heterocycles. The van der Waals surface area contributed by atoms with Crippen molar-refractivity contribution in [1.82, 2.24) is 53.2 Å². The summed E-state index contributed by atoms with van der Waals surface area (Å²) in [7, 11) is 0. The van der Waals surface area contributed by atoms with Crippen molar-refractivity contribution in [1.29, 1.82) is 0 Å². The van der Waals surface area contributed by atoms with Crippen molar-refractivity contribution in [2.24, 2.45) is 28.3 Å². The third kappa shape index (κ3) is 46.2. The molecule has 0 aliphatic carbocycles. The van der Waals surface area contributed by atoms with Crippen LogP contribution in [0.2, 0.25) is 0 Å². The lowest BCUT2D eigenvalue weighted by Gasteiger charge is -2.42. The molecular weight excluding hydrogens is 1540 g/mol. The van der Waals surface area contributed by atoms with Gasteiger partial charge in [0.15, 0.2) is 25.5 Å². The second-order valence-electron chi connectivity index (χ2n) is 31.4. The van der Waals surface area contributed by atoms with Crippen LogP contribution in [0.5, 0.6) is 0 Å². The van der Waals surface area contributed by atoms with E-state index >= 15 is 0 Å². The van der Waals surface area contributed by atoms with Crippen molar-refractivity contribution in [3.63, 3.8) is 0 Å². The molecule has 117 heavy (non-hydrogen) atoms. The van der Waals surface area contributed by atoms with E-state index in [0.29, 0.717) is 64.2 Å². The van der Waals surface area contributed by atoms with E-state index in [1.54, 1.807) is 6.21 Å². The van der Waals surface area contributed by atoms with Crippen molar-refractivity contribution >= 4 is 65.3 Å². The van der Waals surface area contributed by atoms with Gasteiger partial charge in [-0.25, -0.2) is 0 Å². The van der Waals surface area contributed by atoms with E-state index in [1.165, 1.54) is 27.7 Å². The number of rotatable bonds is 57. The number of nitrogens with zero attached hydrogens (tertiary/aromatic N) is 1. The maximum absolute atomic E-state index is 13.7. The molecule has 0 bridgehead atoms. The lowest BCUT2D eigenvalue weighted by atomic mass is 9.81.